The maximum absolute atomic E-state index is 15.2. The molecule has 0 radical (unpaired) electrons. The van der Waals surface area contributed by atoms with Gasteiger partial charge in [-0.2, -0.15) is 0 Å². The zero-order chi connectivity index (χ0) is 26.5. The first-order valence-electron chi connectivity index (χ1n) is 10.4. The second kappa shape index (κ2) is 11.2. The minimum absolute atomic E-state index is 0.129. The third kappa shape index (κ3) is 5.46. The zero-order valence-electron chi connectivity index (χ0n) is 20.2. The van der Waals surface area contributed by atoms with E-state index in [1.54, 1.807) is 18.2 Å². The standard InChI is InChI=1S/C25H25F2NO7S/c1-31-19-11-9-17(14-18(19)26)36(29,30)28-24-16(8-10-20(32-2)23(24)27)7-6-15-12-21(33-3)25(35-5)22(13-15)34-4/h6-14,28H,1-5H3/b7-6-. The van der Waals surface area contributed by atoms with Crippen molar-refractivity contribution in [3.8, 4) is 28.7 Å². The van der Waals surface area contributed by atoms with E-state index in [-0.39, 0.29) is 22.7 Å². The highest BCUT2D eigenvalue weighted by molar-refractivity contribution is 7.92. The second-order valence-electron chi connectivity index (χ2n) is 7.24. The van der Waals surface area contributed by atoms with Crippen molar-refractivity contribution in [1.29, 1.82) is 0 Å². The molecule has 8 nitrogen and oxygen atoms in total. The van der Waals surface area contributed by atoms with Crippen molar-refractivity contribution < 1.29 is 40.9 Å². The van der Waals surface area contributed by atoms with Gasteiger partial charge >= 0.3 is 0 Å². The molecule has 3 aromatic rings. The van der Waals surface area contributed by atoms with Crippen molar-refractivity contribution in [3.05, 3.63) is 65.2 Å². The van der Waals surface area contributed by atoms with Crippen LogP contribution in [0.15, 0.2) is 47.4 Å². The highest BCUT2D eigenvalue weighted by atomic mass is 32.2. The molecule has 0 bridgehead atoms. The number of rotatable bonds is 10. The van der Waals surface area contributed by atoms with E-state index in [0.29, 0.717) is 22.8 Å². The number of hydrogen-bond donors (Lipinski definition) is 1. The summed E-state index contributed by atoms with van der Waals surface area (Å²) in [4.78, 5) is -0.414. The Morgan fingerprint density at radius 2 is 1.31 bits per heavy atom. The van der Waals surface area contributed by atoms with Crippen LogP contribution in [0.3, 0.4) is 0 Å². The van der Waals surface area contributed by atoms with Crippen molar-refractivity contribution in [1.82, 2.24) is 0 Å². The van der Waals surface area contributed by atoms with Crippen LogP contribution in [0.25, 0.3) is 12.2 Å². The lowest BCUT2D eigenvalue weighted by Crippen LogP contribution is -2.15. The fraction of sp³-hybridized carbons (Fsp3) is 0.200. The number of anilines is 1. The average molecular weight is 522 g/mol. The van der Waals surface area contributed by atoms with Gasteiger partial charge in [-0.25, -0.2) is 17.2 Å². The molecule has 0 fully saturated rings. The molecule has 0 aromatic heterocycles. The van der Waals surface area contributed by atoms with Gasteiger partial charge in [0.05, 0.1) is 46.1 Å². The summed E-state index contributed by atoms with van der Waals surface area (Å²) in [7, 11) is 2.55. The summed E-state index contributed by atoms with van der Waals surface area (Å²) < 4.78 is 83.3. The summed E-state index contributed by atoms with van der Waals surface area (Å²) in [5.41, 5.74) is 0.403. The van der Waals surface area contributed by atoms with Crippen LogP contribution >= 0.6 is 0 Å². The fourth-order valence-corrected chi connectivity index (χ4v) is 4.46. The highest BCUT2D eigenvalue weighted by Gasteiger charge is 2.22. The summed E-state index contributed by atoms with van der Waals surface area (Å²) in [6.07, 6.45) is 3.10. The number of nitrogens with one attached hydrogen (secondary N) is 1. The minimum atomic E-state index is -4.38. The Bertz CT molecular complexity index is 1370. The van der Waals surface area contributed by atoms with Gasteiger partial charge in [0.2, 0.25) is 5.75 Å². The molecule has 0 amide bonds. The average Bonchev–Trinajstić information content (AvgIpc) is 2.88. The van der Waals surface area contributed by atoms with Crippen LogP contribution in [0, 0.1) is 11.6 Å². The topological polar surface area (TPSA) is 92.3 Å². The number of benzene rings is 3. The summed E-state index contributed by atoms with van der Waals surface area (Å²) in [5.74, 6) is -0.933. The van der Waals surface area contributed by atoms with Gasteiger partial charge in [0, 0.05) is 5.56 Å². The van der Waals surface area contributed by atoms with Gasteiger partial charge in [-0.15, -0.1) is 0 Å². The molecular weight excluding hydrogens is 496 g/mol. The quantitative estimate of drug-likeness (QED) is 0.376. The molecule has 0 heterocycles. The van der Waals surface area contributed by atoms with Crippen LogP contribution in [0.5, 0.6) is 28.7 Å². The number of hydrogen-bond acceptors (Lipinski definition) is 7. The molecule has 0 atom stereocenters. The van der Waals surface area contributed by atoms with E-state index in [4.69, 9.17) is 23.7 Å². The van der Waals surface area contributed by atoms with E-state index < -0.39 is 26.6 Å². The highest BCUT2D eigenvalue weighted by Crippen LogP contribution is 2.39. The van der Waals surface area contributed by atoms with E-state index >= 15 is 4.39 Å². The van der Waals surface area contributed by atoms with Crippen LogP contribution in [0.2, 0.25) is 0 Å². The third-order valence-corrected chi connectivity index (χ3v) is 6.52. The van der Waals surface area contributed by atoms with Gasteiger partial charge < -0.3 is 23.7 Å². The molecule has 0 unspecified atom stereocenters. The van der Waals surface area contributed by atoms with Gasteiger partial charge in [-0.05, 0) is 48.0 Å². The third-order valence-electron chi connectivity index (χ3n) is 5.17. The number of ether oxygens (including phenoxy) is 5. The van der Waals surface area contributed by atoms with Crippen molar-refractivity contribution in [2.45, 2.75) is 4.90 Å². The largest absolute Gasteiger partial charge is 0.494 e. The lowest BCUT2D eigenvalue weighted by atomic mass is 10.1. The van der Waals surface area contributed by atoms with Gasteiger partial charge in [-0.3, -0.25) is 4.72 Å². The maximum atomic E-state index is 15.2. The Hall–Kier alpha value is -3.99. The molecule has 0 aliphatic heterocycles. The Balaban J connectivity index is 2.06. The van der Waals surface area contributed by atoms with Crippen LogP contribution in [-0.4, -0.2) is 44.0 Å². The van der Waals surface area contributed by atoms with Crippen molar-refractivity contribution >= 4 is 27.9 Å². The van der Waals surface area contributed by atoms with Crippen molar-refractivity contribution in [2.24, 2.45) is 0 Å². The van der Waals surface area contributed by atoms with Crippen molar-refractivity contribution in [2.75, 3.05) is 40.3 Å². The minimum Gasteiger partial charge on any atom is -0.494 e. The SMILES string of the molecule is COc1ccc(S(=O)(=O)Nc2c(/C=C\c3cc(OC)c(OC)c(OC)c3)ccc(OC)c2F)cc1F. The number of methoxy groups -OCH3 is 5. The molecule has 36 heavy (non-hydrogen) atoms. The van der Waals surface area contributed by atoms with Gasteiger partial charge in [0.15, 0.2) is 34.6 Å². The molecule has 11 heteroatoms. The van der Waals surface area contributed by atoms with Crippen molar-refractivity contribution in [3.63, 3.8) is 0 Å². The number of sulfonamides is 1. The first-order chi connectivity index (χ1) is 17.2. The number of halogens is 2. The maximum Gasteiger partial charge on any atom is 0.262 e. The monoisotopic (exact) mass is 521 g/mol. The smallest absolute Gasteiger partial charge is 0.262 e. The Morgan fingerprint density at radius 3 is 1.83 bits per heavy atom. The van der Waals surface area contributed by atoms with Crippen LogP contribution in [0.4, 0.5) is 14.5 Å². The summed E-state index contributed by atoms with van der Waals surface area (Å²) in [5, 5.41) is 0. The van der Waals surface area contributed by atoms with E-state index in [0.717, 1.165) is 18.2 Å². The molecule has 0 spiro atoms. The fourth-order valence-electron chi connectivity index (χ4n) is 3.36. The molecule has 3 aromatic carbocycles. The second-order valence-corrected chi connectivity index (χ2v) is 8.92. The lowest BCUT2D eigenvalue weighted by molar-refractivity contribution is 0.324. The summed E-state index contributed by atoms with van der Waals surface area (Å²) >= 11 is 0. The molecule has 0 aliphatic carbocycles. The zero-order valence-corrected chi connectivity index (χ0v) is 21.0. The molecule has 3 rings (SSSR count). The van der Waals surface area contributed by atoms with Gasteiger partial charge in [0.25, 0.3) is 10.0 Å². The van der Waals surface area contributed by atoms with Gasteiger partial charge in [-0.1, -0.05) is 12.2 Å². The first-order valence-corrected chi connectivity index (χ1v) is 11.9. The molecule has 0 saturated heterocycles. The molecular formula is C25H25F2NO7S. The molecule has 0 aliphatic rings. The van der Waals surface area contributed by atoms with E-state index in [9.17, 15) is 12.8 Å². The van der Waals surface area contributed by atoms with Crippen LogP contribution in [0.1, 0.15) is 11.1 Å². The van der Waals surface area contributed by atoms with Gasteiger partial charge in [0.1, 0.15) is 0 Å². The lowest BCUT2D eigenvalue weighted by Gasteiger charge is -2.15. The Labute approximate surface area is 208 Å². The summed E-state index contributed by atoms with van der Waals surface area (Å²) in [6, 6.07) is 9.26. The van der Waals surface area contributed by atoms with Crippen LogP contribution < -0.4 is 28.4 Å². The molecule has 192 valence electrons. The Morgan fingerprint density at radius 1 is 0.722 bits per heavy atom. The predicted octanol–water partition coefficient (Wildman–Crippen LogP) is 4.98. The van der Waals surface area contributed by atoms with Crippen LogP contribution in [-0.2, 0) is 10.0 Å². The molecule has 0 saturated carbocycles. The van der Waals surface area contributed by atoms with E-state index in [2.05, 4.69) is 4.72 Å². The van der Waals surface area contributed by atoms with E-state index in [1.165, 1.54) is 53.8 Å². The Kier molecular flexibility index (Phi) is 8.25. The summed E-state index contributed by atoms with van der Waals surface area (Å²) in [6.45, 7) is 0. The first kappa shape index (κ1) is 26.6. The molecule has 1 N–H and O–H groups in total. The van der Waals surface area contributed by atoms with E-state index in [1.807, 2.05) is 0 Å². The normalized spacial score (nSPS) is 11.3. The predicted molar refractivity (Wildman–Crippen MR) is 132 cm³/mol.